The molecule has 188 valence electrons. The molecule has 1 aromatic carbocycles. The molecule has 2 aromatic heterocycles. The third kappa shape index (κ3) is 6.27. The normalized spacial score (nSPS) is 13.3. The van der Waals surface area contributed by atoms with Crippen molar-refractivity contribution in [1.29, 1.82) is 0 Å². The van der Waals surface area contributed by atoms with Gasteiger partial charge in [-0.15, -0.1) is 0 Å². The van der Waals surface area contributed by atoms with E-state index in [1.54, 1.807) is 35.3 Å². The van der Waals surface area contributed by atoms with E-state index in [1.807, 2.05) is 0 Å². The summed E-state index contributed by atoms with van der Waals surface area (Å²) < 4.78 is 31.1. The van der Waals surface area contributed by atoms with E-state index in [0.717, 1.165) is 12.7 Å². The second-order valence-electron chi connectivity index (χ2n) is 8.15. The highest BCUT2D eigenvalue weighted by Crippen LogP contribution is 2.30. The Morgan fingerprint density at radius 3 is 2.57 bits per heavy atom. The van der Waals surface area contributed by atoms with Crippen LogP contribution in [-0.4, -0.2) is 56.5 Å². The van der Waals surface area contributed by atoms with Crippen molar-refractivity contribution < 1.29 is 23.2 Å². The molecule has 0 fully saturated rings. The first-order valence-electron chi connectivity index (χ1n) is 10.6. The highest BCUT2D eigenvalue weighted by atomic mass is 35.5. The SMILES string of the molecule is CC(CCn1ccc(-c2ccc(OCCCn3cncn3)c(Cl)c2)cc1=O)(C(=O)NO)S(C)(=O)=O. The van der Waals surface area contributed by atoms with Gasteiger partial charge in [0.15, 0.2) is 14.6 Å². The number of sulfone groups is 1. The summed E-state index contributed by atoms with van der Waals surface area (Å²) in [6.07, 6.45) is 6.04. The van der Waals surface area contributed by atoms with Crippen LogP contribution in [0.5, 0.6) is 5.75 Å². The second-order valence-corrected chi connectivity index (χ2v) is 11.0. The molecule has 11 nitrogen and oxygen atoms in total. The van der Waals surface area contributed by atoms with Gasteiger partial charge in [0.25, 0.3) is 11.5 Å². The van der Waals surface area contributed by atoms with Gasteiger partial charge in [0, 0.05) is 38.0 Å². The number of hydrogen-bond donors (Lipinski definition) is 2. The van der Waals surface area contributed by atoms with E-state index in [1.165, 1.54) is 35.6 Å². The number of nitrogens with zero attached hydrogens (tertiary/aromatic N) is 4. The number of hydrogen-bond acceptors (Lipinski definition) is 8. The van der Waals surface area contributed by atoms with Gasteiger partial charge in [-0.3, -0.25) is 19.5 Å². The Morgan fingerprint density at radius 2 is 1.97 bits per heavy atom. The lowest BCUT2D eigenvalue weighted by Gasteiger charge is -2.25. The van der Waals surface area contributed by atoms with Gasteiger partial charge in [-0.1, -0.05) is 17.7 Å². The summed E-state index contributed by atoms with van der Waals surface area (Å²) in [5.41, 5.74) is 2.33. The van der Waals surface area contributed by atoms with Crippen LogP contribution in [0.4, 0.5) is 0 Å². The molecule has 0 aliphatic carbocycles. The first-order valence-corrected chi connectivity index (χ1v) is 12.9. The van der Waals surface area contributed by atoms with Crippen molar-refractivity contribution in [1.82, 2.24) is 24.8 Å². The summed E-state index contributed by atoms with van der Waals surface area (Å²) in [5, 5.41) is 13.4. The van der Waals surface area contributed by atoms with Gasteiger partial charge >= 0.3 is 0 Å². The van der Waals surface area contributed by atoms with Crippen molar-refractivity contribution in [2.24, 2.45) is 0 Å². The average molecular weight is 524 g/mol. The van der Waals surface area contributed by atoms with E-state index in [0.29, 0.717) is 35.1 Å². The van der Waals surface area contributed by atoms with Gasteiger partial charge in [-0.05, 0) is 42.7 Å². The third-order valence-corrected chi connectivity index (χ3v) is 8.07. The molecule has 0 bridgehead atoms. The predicted molar refractivity (Wildman–Crippen MR) is 129 cm³/mol. The van der Waals surface area contributed by atoms with Crippen molar-refractivity contribution in [2.75, 3.05) is 12.9 Å². The van der Waals surface area contributed by atoms with Crippen LogP contribution in [0.2, 0.25) is 5.02 Å². The van der Waals surface area contributed by atoms with Crippen LogP contribution < -0.4 is 15.8 Å². The number of nitrogens with one attached hydrogen (secondary N) is 1. The Kier molecular flexibility index (Phi) is 8.30. The van der Waals surface area contributed by atoms with Gasteiger partial charge in [0.05, 0.1) is 11.6 Å². The predicted octanol–water partition coefficient (Wildman–Crippen LogP) is 1.93. The van der Waals surface area contributed by atoms with Crippen LogP contribution >= 0.6 is 11.6 Å². The van der Waals surface area contributed by atoms with Crippen molar-refractivity contribution >= 4 is 27.3 Å². The molecule has 35 heavy (non-hydrogen) atoms. The number of benzene rings is 1. The molecule has 3 aromatic rings. The lowest BCUT2D eigenvalue weighted by Crippen LogP contribution is -2.49. The minimum Gasteiger partial charge on any atom is -0.492 e. The highest BCUT2D eigenvalue weighted by molar-refractivity contribution is 7.92. The Morgan fingerprint density at radius 1 is 1.23 bits per heavy atom. The number of halogens is 1. The van der Waals surface area contributed by atoms with E-state index in [9.17, 15) is 18.0 Å². The quantitative estimate of drug-likeness (QED) is 0.220. The zero-order chi connectivity index (χ0) is 25.6. The van der Waals surface area contributed by atoms with Crippen LogP contribution in [0.15, 0.2) is 54.0 Å². The topological polar surface area (TPSA) is 145 Å². The van der Waals surface area contributed by atoms with Gasteiger partial charge in [0.1, 0.15) is 18.4 Å². The van der Waals surface area contributed by atoms with Gasteiger partial charge in [-0.25, -0.2) is 18.9 Å². The number of carbonyl (C=O) groups is 1. The minimum atomic E-state index is -3.86. The fourth-order valence-corrected chi connectivity index (χ4v) is 4.43. The Labute approximate surface area is 207 Å². The first-order chi connectivity index (χ1) is 16.5. The number of aromatic nitrogens is 4. The number of aryl methyl sites for hydroxylation is 2. The summed E-state index contributed by atoms with van der Waals surface area (Å²) in [6, 6.07) is 8.29. The van der Waals surface area contributed by atoms with Crippen LogP contribution in [0.3, 0.4) is 0 Å². The molecule has 0 radical (unpaired) electrons. The molecule has 1 unspecified atom stereocenters. The maximum atomic E-state index is 12.6. The Hall–Kier alpha value is -3.22. The van der Waals surface area contributed by atoms with Gasteiger partial charge in [0.2, 0.25) is 0 Å². The van der Waals surface area contributed by atoms with E-state index >= 15 is 0 Å². The standard InChI is InChI=1S/C22H26ClN5O6S/c1-22(21(30)26-31,35(2,32)33)7-10-27-9-6-17(13-20(27)29)16-4-5-19(18(23)12-16)34-11-3-8-28-15-24-14-25-28/h4-6,9,12-15,31H,3,7-8,10-11H2,1-2H3,(H,26,30). The molecule has 1 atom stereocenters. The monoisotopic (exact) mass is 523 g/mol. The molecule has 0 aliphatic rings. The van der Waals surface area contributed by atoms with Crippen molar-refractivity contribution in [2.45, 2.75) is 37.6 Å². The van der Waals surface area contributed by atoms with E-state index in [-0.39, 0.29) is 18.5 Å². The molecule has 0 saturated carbocycles. The molecule has 0 saturated heterocycles. The van der Waals surface area contributed by atoms with Gasteiger partial charge < -0.3 is 9.30 Å². The first kappa shape index (κ1) is 26.4. The largest absolute Gasteiger partial charge is 0.492 e. The zero-order valence-corrected chi connectivity index (χ0v) is 20.8. The molecule has 13 heteroatoms. The molecule has 3 rings (SSSR count). The van der Waals surface area contributed by atoms with Crippen molar-refractivity contribution in [3.63, 3.8) is 0 Å². The van der Waals surface area contributed by atoms with Crippen LogP contribution in [0.25, 0.3) is 11.1 Å². The van der Waals surface area contributed by atoms with E-state index in [2.05, 4.69) is 10.1 Å². The highest BCUT2D eigenvalue weighted by Gasteiger charge is 2.43. The fraction of sp³-hybridized carbons (Fsp3) is 0.364. The number of hydroxylamine groups is 1. The smallest absolute Gasteiger partial charge is 0.264 e. The Bertz CT molecular complexity index is 1340. The minimum absolute atomic E-state index is 0.0434. The lowest BCUT2D eigenvalue weighted by atomic mass is 10.1. The average Bonchev–Trinajstić information content (AvgIpc) is 3.34. The number of rotatable bonds is 11. The molecule has 2 heterocycles. The Balaban J connectivity index is 1.67. The summed E-state index contributed by atoms with van der Waals surface area (Å²) in [6.45, 7) is 2.27. The maximum absolute atomic E-state index is 12.6. The molecular formula is C22H26ClN5O6S. The van der Waals surface area contributed by atoms with E-state index < -0.39 is 20.5 Å². The molecule has 0 spiro atoms. The molecular weight excluding hydrogens is 498 g/mol. The zero-order valence-electron chi connectivity index (χ0n) is 19.2. The fourth-order valence-electron chi connectivity index (χ4n) is 3.35. The summed E-state index contributed by atoms with van der Waals surface area (Å²) in [7, 11) is -3.86. The second kappa shape index (κ2) is 11.0. The summed E-state index contributed by atoms with van der Waals surface area (Å²) in [4.78, 5) is 28.5. The van der Waals surface area contributed by atoms with Crippen LogP contribution in [0.1, 0.15) is 19.8 Å². The van der Waals surface area contributed by atoms with Crippen LogP contribution in [0, 0.1) is 0 Å². The molecule has 2 N–H and O–H groups in total. The van der Waals surface area contributed by atoms with Gasteiger partial charge in [-0.2, -0.15) is 5.10 Å². The third-order valence-electron chi connectivity index (χ3n) is 5.75. The van der Waals surface area contributed by atoms with Crippen molar-refractivity contribution in [3.05, 3.63) is 64.6 Å². The number of carbonyl (C=O) groups excluding carboxylic acids is 1. The summed E-state index contributed by atoms with van der Waals surface area (Å²) in [5.74, 6) is -0.537. The summed E-state index contributed by atoms with van der Waals surface area (Å²) >= 11 is 6.36. The maximum Gasteiger partial charge on any atom is 0.264 e. The molecule has 1 amide bonds. The van der Waals surface area contributed by atoms with Crippen LogP contribution in [-0.2, 0) is 27.7 Å². The molecule has 0 aliphatic heterocycles. The number of pyridine rings is 1. The number of ether oxygens (including phenoxy) is 1. The lowest BCUT2D eigenvalue weighted by molar-refractivity contribution is -0.131. The van der Waals surface area contributed by atoms with E-state index in [4.69, 9.17) is 21.5 Å². The van der Waals surface area contributed by atoms with Crippen molar-refractivity contribution in [3.8, 4) is 16.9 Å². The number of amides is 1.